The van der Waals surface area contributed by atoms with E-state index in [9.17, 15) is 4.79 Å². The van der Waals surface area contributed by atoms with Gasteiger partial charge in [0.1, 0.15) is 12.3 Å². The molecule has 2 aromatic carbocycles. The van der Waals surface area contributed by atoms with E-state index in [4.69, 9.17) is 14.2 Å². The SMILES string of the molecule is COc1ccccc1CCNC(=O)C[NH+]1CCc2cc(OC)c(OC)cc2C1. The number of hydrogen-bond donors (Lipinski definition) is 2. The van der Waals surface area contributed by atoms with Gasteiger partial charge in [0, 0.05) is 18.5 Å². The predicted octanol–water partition coefficient (Wildman–Crippen LogP) is 1.01. The molecule has 3 rings (SSSR count). The number of methoxy groups -OCH3 is 3. The lowest BCUT2D eigenvalue weighted by atomic mass is 9.99. The minimum atomic E-state index is 0.0776. The molecule has 0 saturated carbocycles. The third-order valence-corrected chi connectivity index (χ3v) is 5.21. The molecule has 1 atom stereocenters. The average molecular weight is 385 g/mol. The van der Waals surface area contributed by atoms with Crippen molar-refractivity contribution in [1.29, 1.82) is 0 Å². The van der Waals surface area contributed by atoms with Crippen molar-refractivity contribution in [1.82, 2.24) is 5.32 Å². The second-order valence-corrected chi connectivity index (χ2v) is 6.99. The summed E-state index contributed by atoms with van der Waals surface area (Å²) in [6.07, 6.45) is 1.68. The quantitative estimate of drug-likeness (QED) is 0.712. The maximum Gasteiger partial charge on any atom is 0.275 e. The monoisotopic (exact) mass is 385 g/mol. The van der Waals surface area contributed by atoms with E-state index in [-0.39, 0.29) is 5.91 Å². The molecule has 0 bridgehead atoms. The number of hydrogen-bond acceptors (Lipinski definition) is 4. The number of carbonyl (C=O) groups is 1. The first-order chi connectivity index (χ1) is 13.6. The predicted molar refractivity (Wildman–Crippen MR) is 107 cm³/mol. The van der Waals surface area contributed by atoms with Gasteiger partial charge in [-0.1, -0.05) is 18.2 Å². The van der Waals surface area contributed by atoms with Crippen molar-refractivity contribution in [2.45, 2.75) is 19.4 Å². The molecular weight excluding hydrogens is 356 g/mol. The Hall–Kier alpha value is -2.73. The second-order valence-electron chi connectivity index (χ2n) is 6.99. The third kappa shape index (κ3) is 4.75. The number of rotatable bonds is 8. The Labute approximate surface area is 166 Å². The Morgan fingerprint density at radius 3 is 2.39 bits per heavy atom. The van der Waals surface area contributed by atoms with Crippen LogP contribution in [0.3, 0.4) is 0 Å². The van der Waals surface area contributed by atoms with Crippen molar-refractivity contribution >= 4 is 5.91 Å². The summed E-state index contributed by atoms with van der Waals surface area (Å²) >= 11 is 0. The van der Waals surface area contributed by atoms with Crippen LogP contribution >= 0.6 is 0 Å². The highest BCUT2D eigenvalue weighted by Crippen LogP contribution is 2.31. The Bertz CT molecular complexity index is 822. The van der Waals surface area contributed by atoms with E-state index in [0.717, 1.165) is 48.7 Å². The number of amides is 1. The molecule has 0 aromatic heterocycles. The van der Waals surface area contributed by atoms with Gasteiger partial charge >= 0.3 is 0 Å². The molecule has 0 saturated heterocycles. The van der Waals surface area contributed by atoms with E-state index in [0.29, 0.717) is 13.1 Å². The molecule has 28 heavy (non-hydrogen) atoms. The molecule has 1 aliphatic heterocycles. The van der Waals surface area contributed by atoms with Crippen LogP contribution in [-0.4, -0.2) is 46.9 Å². The Morgan fingerprint density at radius 1 is 1.00 bits per heavy atom. The zero-order valence-electron chi connectivity index (χ0n) is 16.8. The standard InChI is InChI=1S/C22H28N2O4/c1-26-19-7-5-4-6-16(19)8-10-23-22(25)15-24-11-9-17-12-20(27-2)21(28-3)13-18(17)14-24/h4-7,12-13H,8-11,14-15H2,1-3H3,(H,23,25)/p+1. The van der Waals surface area contributed by atoms with Gasteiger partial charge in [-0.05, 0) is 35.7 Å². The fourth-order valence-electron chi connectivity index (χ4n) is 3.72. The molecule has 0 aliphatic carbocycles. The van der Waals surface area contributed by atoms with Crippen molar-refractivity contribution in [2.24, 2.45) is 0 Å². The van der Waals surface area contributed by atoms with E-state index >= 15 is 0 Å². The fourth-order valence-corrected chi connectivity index (χ4v) is 3.72. The van der Waals surface area contributed by atoms with E-state index < -0.39 is 0 Å². The van der Waals surface area contributed by atoms with E-state index in [1.807, 2.05) is 30.3 Å². The highest BCUT2D eigenvalue weighted by atomic mass is 16.5. The Morgan fingerprint density at radius 2 is 1.68 bits per heavy atom. The molecule has 6 heteroatoms. The van der Waals surface area contributed by atoms with Gasteiger partial charge in [-0.2, -0.15) is 0 Å². The smallest absolute Gasteiger partial charge is 0.275 e. The van der Waals surface area contributed by atoms with Crippen LogP contribution in [0.2, 0.25) is 0 Å². The average Bonchev–Trinajstić information content (AvgIpc) is 2.73. The van der Waals surface area contributed by atoms with E-state index in [2.05, 4.69) is 11.4 Å². The molecule has 150 valence electrons. The summed E-state index contributed by atoms with van der Waals surface area (Å²) in [5.74, 6) is 2.44. The zero-order valence-corrected chi connectivity index (χ0v) is 16.8. The van der Waals surface area contributed by atoms with Crippen molar-refractivity contribution in [2.75, 3.05) is 41.0 Å². The van der Waals surface area contributed by atoms with Gasteiger partial charge < -0.3 is 24.4 Å². The van der Waals surface area contributed by atoms with Crippen molar-refractivity contribution in [3.05, 3.63) is 53.1 Å². The van der Waals surface area contributed by atoms with Gasteiger partial charge in [0.25, 0.3) is 5.91 Å². The maximum absolute atomic E-state index is 12.4. The molecule has 0 radical (unpaired) electrons. The van der Waals surface area contributed by atoms with Gasteiger partial charge in [-0.3, -0.25) is 4.79 Å². The van der Waals surface area contributed by atoms with Crippen LogP contribution in [0.1, 0.15) is 16.7 Å². The summed E-state index contributed by atoms with van der Waals surface area (Å²) in [5.41, 5.74) is 3.60. The van der Waals surface area contributed by atoms with E-state index in [1.54, 1.807) is 21.3 Å². The summed E-state index contributed by atoms with van der Waals surface area (Å²) in [6, 6.07) is 12.0. The first-order valence-corrected chi connectivity index (χ1v) is 9.60. The van der Waals surface area contributed by atoms with Crippen LogP contribution in [0.4, 0.5) is 0 Å². The third-order valence-electron chi connectivity index (χ3n) is 5.21. The van der Waals surface area contributed by atoms with Gasteiger partial charge in [0.2, 0.25) is 0 Å². The largest absolute Gasteiger partial charge is 0.496 e. The van der Waals surface area contributed by atoms with Crippen LogP contribution < -0.4 is 24.4 Å². The van der Waals surface area contributed by atoms with Gasteiger partial charge in [0.15, 0.2) is 18.0 Å². The Balaban J connectivity index is 1.52. The lowest BCUT2D eigenvalue weighted by Gasteiger charge is -2.26. The lowest BCUT2D eigenvalue weighted by Crippen LogP contribution is -3.12. The summed E-state index contributed by atoms with van der Waals surface area (Å²) < 4.78 is 16.2. The van der Waals surface area contributed by atoms with Crippen molar-refractivity contribution < 1.29 is 23.9 Å². The van der Waals surface area contributed by atoms with Crippen LogP contribution in [0.5, 0.6) is 17.2 Å². The lowest BCUT2D eigenvalue weighted by molar-refractivity contribution is -0.908. The molecule has 1 heterocycles. The highest BCUT2D eigenvalue weighted by molar-refractivity contribution is 5.76. The zero-order chi connectivity index (χ0) is 19.9. The van der Waals surface area contributed by atoms with Gasteiger partial charge in [-0.25, -0.2) is 0 Å². The molecule has 0 spiro atoms. The molecule has 1 unspecified atom stereocenters. The molecule has 2 N–H and O–H groups in total. The number of fused-ring (bicyclic) bond motifs is 1. The number of quaternary nitrogens is 1. The van der Waals surface area contributed by atoms with Crippen LogP contribution in [0.25, 0.3) is 0 Å². The number of benzene rings is 2. The summed E-state index contributed by atoms with van der Waals surface area (Å²) in [6.45, 7) is 2.83. The number of ether oxygens (including phenoxy) is 3. The molecule has 1 aliphatic rings. The summed E-state index contributed by atoms with van der Waals surface area (Å²) in [4.78, 5) is 13.6. The second kappa shape index (κ2) is 9.46. The van der Waals surface area contributed by atoms with Crippen LogP contribution in [0, 0.1) is 0 Å². The minimum absolute atomic E-state index is 0.0776. The number of para-hydroxylation sites is 1. The molecule has 2 aromatic rings. The van der Waals surface area contributed by atoms with Crippen molar-refractivity contribution in [3.63, 3.8) is 0 Å². The van der Waals surface area contributed by atoms with Crippen LogP contribution in [0.15, 0.2) is 36.4 Å². The highest BCUT2D eigenvalue weighted by Gasteiger charge is 2.23. The first kappa shape index (κ1) is 20.0. The number of nitrogens with one attached hydrogen (secondary N) is 2. The topological polar surface area (TPSA) is 61.2 Å². The van der Waals surface area contributed by atoms with E-state index in [1.165, 1.54) is 16.0 Å². The van der Waals surface area contributed by atoms with Gasteiger partial charge in [0.05, 0.1) is 27.9 Å². The fraction of sp³-hybridized carbons (Fsp3) is 0.409. The maximum atomic E-state index is 12.4. The molecule has 6 nitrogen and oxygen atoms in total. The van der Waals surface area contributed by atoms with Gasteiger partial charge in [-0.15, -0.1) is 0 Å². The summed E-state index contributed by atoms with van der Waals surface area (Å²) in [5, 5.41) is 3.03. The van der Waals surface area contributed by atoms with Crippen LogP contribution in [-0.2, 0) is 24.2 Å². The summed E-state index contributed by atoms with van der Waals surface area (Å²) in [7, 11) is 4.96. The first-order valence-electron chi connectivity index (χ1n) is 9.60. The Kier molecular flexibility index (Phi) is 6.76. The normalized spacial score (nSPS) is 15.5. The number of carbonyl (C=O) groups excluding carboxylic acids is 1. The molecule has 1 amide bonds. The molecular formula is C22H29N2O4+. The molecule has 0 fully saturated rings. The van der Waals surface area contributed by atoms with Crippen molar-refractivity contribution in [3.8, 4) is 17.2 Å². The minimum Gasteiger partial charge on any atom is -0.496 e.